The van der Waals surface area contributed by atoms with Crippen molar-refractivity contribution in [3.05, 3.63) is 24.3 Å². The number of benzene rings is 1. The van der Waals surface area contributed by atoms with Crippen molar-refractivity contribution in [1.29, 1.82) is 0 Å². The summed E-state index contributed by atoms with van der Waals surface area (Å²) in [6, 6.07) is 8.37. The average Bonchev–Trinajstić information content (AvgIpc) is 2.71. The van der Waals surface area contributed by atoms with Gasteiger partial charge in [-0.15, -0.1) is 0 Å². The zero-order valence-corrected chi connectivity index (χ0v) is 10.5. The molecule has 1 unspecified atom stereocenters. The lowest BCUT2D eigenvalue weighted by Crippen LogP contribution is -2.23. The maximum Gasteiger partial charge on any atom is 0.295 e. The van der Waals surface area contributed by atoms with Gasteiger partial charge in [0, 0.05) is 18.4 Å². The van der Waals surface area contributed by atoms with Crippen LogP contribution in [0.25, 0.3) is 11.1 Å². The Morgan fingerprint density at radius 1 is 1.47 bits per heavy atom. The van der Waals surface area contributed by atoms with Gasteiger partial charge in [0.2, 0.25) is 0 Å². The molecule has 2 N–H and O–H groups in total. The zero-order chi connectivity index (χ0) is 12.1. The van der Waals surface area contributed by atoms with E-state index in [9.17, 15) is 0 Å². The Bertz CT molecular complexity index is 433. The van der Waals surface area contributed by atoms with Gasteiger partial charge >= 0.3 is 0 Å². The molecule has 0 aliphatic heterocycles. The fourth-order valence-corrected chi connectivity index (χ4v) is 2.32. The van der Waals surface area contributed by atoms with Crippen molar-refractivity contribution >= 4 is 28.9 Å². The van der Waals surface area contributed by atoms with Crippen LogP contribution in [0.3, 0.4) is 0 Å². The van der Waals surface area contributed by atoms with E-state index in [-0.39, 0.29) is 12.6 Å². The SMILES string of the molecule is CSCC(CCO)Nc1nc2ccccc2o1. The van der Waals surface area contributed by atoms with E-state index < -0.39 is 0 Å². The molecule has 0 aliphatic carbocycles. The van der Waals surface area contributed by atoms with Gasteiger partial charge in [-0.3, -0.25) is 0 Å². The third-order valence-corrected chi connectivity index (χ3v) is 3.20. The Morgan fingerprint density at radius 2 is 2.29 bits per heavy atom. The van der Waals surface area contributed by atoms with Crippen LogP contribution in [-0.2, 0) is 0 Å². The molecule has 1 heterocycles. The molecular formula is C12H16N2O2S. The number of aromatic nitrogens is 1. The fraction of sp³-hybridized carbons (Fsp3) is 0.417. The molecule has 0 amide bonds. The molecule has 0 saturated heterocycles. The van der Waals surface area contributed by atoms with Crippen molar-refractivity contribution < 1.29 is 9.52 Å². The van der Waals surface area contributed by atoms with E-state index in [0.717, 1.165) is 16.9 Å². The highest BCUT2D eigenvalue weighted by molar-refractivity contribution is 7.98. The molecule has 0 bridgehead atoms. The van der Waals surface area contributed by atoms with Gasteiger partial charge in [-0.25, -0.2) is 0 Å². The number of nitrogens with one attached hydrogen (secondary N) is 1. The predicted octanol–water partition coefficient (Wildman–Crippen LogP) is 2.35. The lowest BCUT2D eigenvalue weighted by atomic mass is 10.2. The first-order chi connectivity index (χ1) is 8.33. The molecular weight excluding hydrogens is 236 g/mol. The first-order valence-corrected chi connectivity index (χ1v) is 6.94. The summed E-state index contributed by atoms with van der Waals surface area (Å²) in [5.41, 5.74) is 1.63. The normalized spacial score (nSPS) is 12.8. The summed E-state index contributed by atoms with van der Waals surface area (Å²) in [7, 11) is 0. The molecule has 0 spiro atoms. The van der Waals surface area contributed by atoms with E-state index in [1.165, 1.54) is 0 Å². The summed E-state index contributed by atoms with van der Waals surface area (Å²) in [6.45, 7) is 0.165. The highest BCUT2D eigenvalue weighted by Gasteiger charge is 2.11. The summed E-state index contributed by atoms with van der Waals surface area (Å²) in [5, 5.41) is 12.2. The number of hydrogen-bond donors (Lipinski definition) is 2. The van der Waals surface area contributed by atoms with E-state index in [1.54, 1.807) is 11.8 Å². The number of rotatable bonds is 6. The van der Waals surface area contributed by atoms with Crippen molar-refractivity contribution in [2.24, 2.45) is 0 Å². The van der Waals surface area contributed by atoms with Crippen LogP contribution in [0.4, 0.5) is 6.01 Å². The lowest BCUT2D eigenvalue weighted by Gasteiger charge is -2.14. The van der Waals surface area contributed by atoms with E-state index in [0.29, 0.717) is 12.4 Å². The largest absolute Gasteiger partial charge is 0.424 e. The minimum absolute atomic E-state index is 0.165. The lowest BCUT2D eigenvalue weighted by molar-refractivity contribution is 0.282. The van der Waals surface area contributed by atoms with Crippen LogP contribution in [0.1, 0.15) is 6.42 Å². The summed E-state index contributed by atoms with van der Waals surface area (Å²) < 4.78 is 5.58. The first kappa shape index (κ1) is 12.3. The quantitative estimate of drug-likeness (QED) is 0.826. The summed E-state index contributed by atoms with van der Waals surface area (Å²) >= 11 is 1.73. The number of fused-ring (bicyclic) bond motifs is 1. The Labute approximate surface area is 104 Å². The summed E-state index contributed by atoms with van der Waals surface area (Å²) in [5.74, 6) is 0.916. The van der Waals surface area contributed by atoms with E-state index >= 15 is 0 Å². The predicted molar refractivity (Wildman–Crippen MR) is 71.5 cm³/mol. The van der Waals surface area contributed by atoms with E-state index in [2.05, 4.69) is 10.3 Å². The number of hydrogen-bond acceptors (Lipinski definition) is 5. The van der Waals surface area contributed by atoms with Crippen LogP contribution >= 0.6 is 11.8 Å². The topological polar surface area (TPSA) is 58.3 Å². The Balaban J connectivity index is 2.10. The van der Waals surface area contributed by atoms with Gasteiger partial charge in [-0.1, -0.05) is 12.1 Å². The number of thioether (sulfide) groups is 1. The second-order valence-corrected chi connectivity index (χ2v) is 4.71. The molecule has 1 aromatic carbocycles. The second kappa shape index (κ2) is 5.93. The van der Waals surface area contributed by atoms with Crippen LogP contribution in [0.15, 0.2) is 28.7 Å². The Morgan fingerprint density at radius 3 is 3.00 bits per heavy atom. The molecule has 1 atom stereocenters. The molecule has 17 heavy (non-hydrogen) atoms. The minimum Gasteiger partial charge on any atom is -0.424 e. The van der Waals surface area contributed by atoms with Crippen molar-refractivity contribution in [1.82, 2.24) is 4.98 Å². The summed E-state index contributed by atoms with van der Waals surface area (Å²) in [6.07, 6.45) is 2.73. The highest BCUT2D eigenvalue weighted by Crippen LogP contribution is 2.19. The second-order valence-electron chi connectivity index (χ2n) is 3.80. The number of aliphatic hydroxyl groups excluding tert-OH is 1. The molecule has 2 aromatic rings. The molecule has 0 radical (unpaired) electrons. The fourth-order valence-electron chi connectivity index (χ4n) is 1.66. The number of nitrogens with zero attached hydrogens (tertiary/aromatic N) is 1. The third-order valence-electron chi connectivity index (χ3n) is 2.47. The van der Waals surface area contributed by atoms with Gasteiger partial charge in [0.25, 0.3) is 6.01 Å². The van der Waals surface area contributed by atoms with Crippen molar-refractivity contribution in [3.8, 4) is 0 Å². The van der Waals surface area contributed by atoms with Gasteiger partial charge in [-0.2, -0.15) is 16.7 Å². The number of anilines is 1. The standard InChI is InChI=1S/C12H16N2O2S/c1-17-8-9(6-7-15)13-12-14-10-4-2-3-5-11(10)16-12/h2-5,9,15H,6-8H2,1H3,(H,13,14). The molecule has 92 valence electrons. The van der Waals surface area contributed by atoms with Gasteiger partial charge in [0.15, 0.2) is 5.58 Å². The number of aliphatic hydroxyl groups is 1. The van der Waals surface area contributed by atoms with Crippen molar-refractivity contribution in [2.75, 3.05) is 23.9 Å². The van der Waals surface area contributed by atoms with Crippen LogP contribution in [0, 0.1) is 0 Å². The van der Waals surface area contributed by atoms with Gasteiger partial charge in [0.05, 0.1) is 0 Å². The molecule has 2 rings (SSSR count). The number of para-hydroxylation sites is 2. The monoisotopic (exact) mass is 252 g/mol. The van der Waals surface area contributed by atoms with Gasteiger partial charge < -0.3 is 14.8 Å². The molecule has 4 nitrogen and oxygen atoms in total. The van der Waals surface area contributed by atoms with Gasteiger partial charge in [0.1, 0.15) is 5.52 Å². The number of oxazole rings is 1. The van der Waals surface area contributed by atoms with E-state index in [4.69, 9.17) is 9.52 Å². The van der Waals surface area contributed by atoms with Crippen LogP contribution in [-0.4, -0.2) is 34.7 Å². The maximum absolute atomic E-state index is 8.98. The summed E-state index contributed by atoms with van der Waals surface area (Å²) in [4.78, 5) is 4.35. The van der Waals surface area contributed by atoms with E-state index in [1.807, 2.05) is 30.5 Å². The Kier molecular flexibility index (Phi) is 4.28. The third kappa shape index (κ3) is 3.14. The van der Waals surface area contributed by atoms with Crippen molar-refractivity contribution in [3.63, 3.8) is 0 Å². The van der Waals surface area contributed by atoms with Crippen LogP contribution in [0.5, 0.6) is 0 Å². The molecule has 0 fully saturated rings. The first-order valence-electron chi connectivity index (χ1n) is 5.55. The smallest absolute Gasteiger partial charge is 0.295 e. The minimum atomic E-state index is 0.165. The van der Waals surface area contributed by atoms with Gasteiger partial charge in [-0.05, 0) is 24.8 Å². The molecule has 0 aliphatic rings. The van der Waals surface area contributed by atoms with Crippen LogP contribution in [0.2, 0.25) is 0 Å². The molecule has 0 saturated carbocycles. The zero-order valence-electron chi connectivity index (χ0n) is 9.72. The molecule has 5 heteroatoms. The van der Waals surface area contributed by atoms with Crippen LogP contribution < -0.4 is 5.32 Å². The van der Waals surface area contributed by atoms with Crippen molar-refractivity contribution in [2.45, 2.75) is 12.5 Å². The highest BCUT2D eigenvalue weighted by atomic mass is 32.2. The average molecular weight is 252 g/mol. The Hall–Kier alpha value is -1.20. The maximum atomic E-state index is 8.98. The molecule has 1 aromatic heterocycles.